The molecule has 0 atom stereocenters. The minimum Gasteiger partial charge on any atom is -0.392 e. The topological polar surface area (TPSA) is 33.1 Å². The van der Waals surface area contributed by atoms with Gasteiger partial charge >= 0.3 is 0 Å². The van der Waals surface area contributed by atoms with Crippen molar-refractivity contribution in [2.45, 2.75) is 18.9 Å². The fraction of sp³-hybridized carbons (Fsp3) is 0.375. The maximum Gasteiger partial charge on any atom is 0.280 e. The predicted molar refractivity (Wildman–Crippen MR) is 52.4 cm³/mol. The van der Waals surface area contributed by atoms with E-state index in [1.807, 2.05) is 0 Å². The normalized spacial score (nSPS) is 11.0. The molecular formula is C8H7BrClF2NO. The van der Waals surface area contributed by atoms with Gasteiger partial charge in [0, 0.05) is 5.56 Å². The van der Waals surface area contributed by atoms with Crippen molar-refractivity contribution in [3.63, 3.8) is 0 Å². The summed E-state index contributed by atoms with van der Waals surface area (Å²) in [5.74, 6) is 0.118. The van der Waals surface area contributed by atoms with Crippen molar-refractivity contribution in [2.75, 3.05) is 0 Å². The summed E-state index contributed by atoms with van der Waals surface area (Å²) in [6.07, 6.45) is -2.65. The van der Waals surface area contributed by atoms with Gasteiger partial charge in [-0.1, -0.05) is 0 Å². The molecule has 0 saturated carbocycles. The Hall–Kier alpha value is -0.260. The molecule has 1 aromatic heterocycles. The smallest absolute Gasteiger partial charge is 0.280 e. The van der Waals surface area contributed by atoms with Crippen LogP contribution in [0.1, 0.15) is 23.2 Å². The monoisotopic (exact) mass is 285 g/mol. The summed E-state index contributed by atoms with van der Waals surface area (Å²) in [7, 11) is 0. The molecule has 0 spiro atoms. The summed E-state index contributed by atoms with van der Waals surface area (Å²) < 4.78 is 24.9. The van der Waals surface area contributed by atoms with Gasteiger partial charge in [-0.3, -0.25) is 0 Å². The van der Waals surface area contributed by atoms with Gasteiger partial charge in [-0.15, -0.1) is 11.6 Å². The number of aromatic nitrogens is 1. The SMILES string of the molecule is OCc1cc(C(F)F)nc(Br)c1CCl. The minimum atomic E-state index is -2.65. The molecule has 0 aliphatic rings. The Morgan fingerprint density at radius 2 is 2.21 bits per heavy atom. The Labute approximate surface area is 93.0 Å². The second-order valence-corrected chi connectivity index (χ2v) is 3.59. The molecule has 0 saturated heterocycles. The zero-order valence-electron chi connectivity index (χ0n) is 6.98. The van der Waals surface area contributed by atoms with Gasteiger partial charge < -0.3 is 5.11 Å². The van der Waals surface area contributed by atoms with Gasteiger partial charge in [-0.2, -0.15) is 0 Å². The highest BCUT2D eigenvalue weighted by Crippen LogP contribution is 2.26. The van der Waals surface area contributed by atoms with Crippen molar-refractivity contribution in [1.82, 2.24) is 4.98 Å². The van der Waals surface area contributed by atoms with Crippen LogP contribution in [0.2, 0.25) is 0 Å². The van der Waals surface area contributed by atoms with Gasteiger partial charge in [0.05, 0.1) is 12.5 Å². The van der Waals surface area contributed by atoms with Gasteiger partial charge in [0.15, 0.2) is 0 Å². The van der Waals surface area contributed by atoms with E-state index in [0.717, 1.165) is 6.07 Å². The van der Waals surface area contributed by atoms with Gasteiger partial charge in [0.25, 0.3) is 6.43 Å². The molecular weight excluding hydrogens is 279 g/mol. The molecule has 0 fully saturated rings. The van der Waals surface area contributed by atoms with E-state index in [-0.39, 0.29) is 22.8 Å². The molecule has 1 N–H and O–H groups in total. The lowest BCUT2D eigenvalue weighted by Crippen LogP contribution is -2.00. The molecule has 78 valence electrons. The third kappa shape index (κ3) is 2.40. The fourth-order valence-corrected chi connectivity index (χ4v) is 2.06. The molecule has 2 nitrogen and oxygen atoms in total. The van der Waals surface area contributed by atoms with Crippen LogP contribution < -0.4 is 0 Å². The van der Waals surface area contributed by atoms with Crippen LogP contribution in [0, 0.1) is 0 Å². The van der Waals surface area contributed by atoms with E-state index in [2.05, 4.69) is 20.9 Å². The quantitative estimate of drug-likeness (QED) is 0.684. The highest BCUT2D eigenvalue weighted by Gasteiger charge is 2.15. The maximum atomic E-state index is 12.3. The molecule has 1 rings (SSSR count). The highest BCUT2D eigenvalue weighted by molar-refractivity contribution is 9.10. The predicted octanol–water partition coefficient (Wildman–Crippen LogP) is 3.01. The number of halogens is 4. The van der Waals surface area contributed by atoms with Gasteiger partial charge in [-0.25, -0.2) is 13.8 Å². The van der Waals surface area contributed by atoms with Crippen LogP contribution >= 0.6 is 27.5 Å². The Bertz CT molecular complexity index is 335. The van der Waals surface area contributed by atoms with E-state index < -0.39 is 6.43 Å². The van der Waals surface area contributed by atoms with E-state index >= 15 is 0 Å². The van der Waals surface area contributed by atoms with Crippen LogP contribution in [0.4, 0.5) is 8.78 Å². The summed E-state index contributed by atoms with van der Waals surface area (Å²) in [6.45, 7) is -0.330. The first-order chi connectivity index (χ1) is 6.60. The van der Waals surface area contributed by atoms with Gasteiger partial charge in [-0.05, 0) is 27.6 Å². The van der Waals surface area contributed by atoms with Crippen molar-refractivity contribution >= 4 is 27.5 Å². The Balaban J connectivity index is 3.24. The summed E-state index contributed by atoms with van der Waals surface area (Å²) in [6, 6.07) is 1.16. The number of hydrogen-bond acceptors (Lipinski definition) is 2. The average Bonchev–Trinajstić information content (AvgIpc) is 2.16. The molecule has 1 aromatic rings. The fourth-order valence-electron chi connectivity index (χ4n) is 1.01. The third-order valence-corrected chi connectivity index (χ3v) is 2.64. The van der Waals surface area contributed by atoms with Crippen LogP contribution in [-0.4, -0.2) is 10.1 Å². The lowest BCUT2D eigenvalue weighted by Gasteiger charge is -2.08. The summed E-state index contributed by atoms with van der Waals surface area (Å²) >= 11 is 8.61. The standard InChI is InChI=1S/C8H7BrClF2NO/c9-7-5(2-10)4(3-14)1-6(13-7)8(11)12/h1,8,14H,2-3H2. The molecule has 0 aliphatic heterocycles. The van der Waals surface area contributed by atoms with E-state index in [9.17, 15) is 8.78 Å². The van der Waals surface area contributed by atoms with Crippen LogP contribution in [0.5, 0.6) is 0 Å². The highest BCUT2D eigenvalue weighted by atomic mass is 79.9. The number of pyridine rings is 1. The van der Waals surface area contributed by atoms with Crippen molar-refractivity contribution < 1.29 is 13.9 Å². The number of hydrogen-bond donors (Lipinski definition) is 1. The number of aliphatic hydroxyl groups excluding tert-OH is 1. The number of rotatable bonds is 3. The summed E-state index contributed by atoms with van der Waals surface area (Å²) in [4.78, 5) is 3.62. The molecule has 6 heteroatoms. The van der Waals surface area contributed by atoms with E-state index in [1.165, 1.54) is 0 Å². The molecule has 1 heterocycles. The summed E-state index contributed by atoms with van der Waals surface area (Å²) in [5, 5.41) is 8.93. The third-order valence-electron chi connectivity index (χ3n) is 1.71. The van der Waals surface area contributed by atoms with Crippen LogP contribution in [0.25, 0.3) is 0 Å². The minimum absolute atomic E-state index is 0.118. The number of nitrogens with zero attached hydrogens (tertiary/aromatic N) is 1. The van der Waals surface area contributed by atoms with E-state index in [1.54, 1.807) is 0 Å². The molecule has 0 bridgehead atoms. The Morgan fingerprint density at radius 1 is 1.57 bits per heavy atom. The van der Waals surface area contributed by atoms with Crippen molar-refractivity contribution in [2.24, 2.45) is 0 Å². The largest absolute Gasteiger partial charge is 0.392 e. The molecule has 0 unspecified atom stereocenters. The Morgan fingerprint density at radius 3 is 2.64 bits per heavy atom. The van der Waals surface area contributed by atoms with Crippen molar-refractivity contribution in [3.05, 3.63) is 27.5 Å². The zero-order valence-corrected chi connectivity index (χ0v) is 9.32. The van der Waals surface area contributed by atoms with Crippen LogP contribution in [0.15, 0.2) is 10.7 Å². The van der Waals surface area contributed by atoms with Gasteiger partial charge in [0.2, 0.25) is 0 Å². The van der Waals surface area contributed by atoms with Gasteiger partial charge in [0.1, 0.15) is 10.3 Å². The first kappa shape index (κ1) is 11.8. The zero-order chi connectivity index (χ0) is 10.7. The second kappa shape index (κ2) is 5.00. The first-order valence-electron chi connectivity index (χ1n) is 3.73. The first-order valence-corrected chi connectivity index (χ1v) is 5.06. The number of aliphatic hydroxyl groups is 1. The Kier molecular flexibility index (Phi) is 4.22. The lowest BCUT2D eigenvalue weighted by atomic mass is 10.1. The average molecular weight is 287 g/mol. The second-order valence-electron chi connectivity index (χ2n) is 2.57. The van der Waals surface area contributed by atoms with Crippen LogP contribution in [-0.2, 0) is 12.5 Å². The summed E-state index contributed by atoms with van der Waals surface area (Å²) in [5.41, 5.74) is 0.547. The van der Waals surface area contributed by atoms with Crippen molar-refractivity contribution in [1.29, 1.82) is 0 Å². The van der Waals surface area contributed by atoms with E-state index in [4.69, 9.17) is 16.7 Å². The molecule has 0 aliphatic carbocycles. The molecule has 14 heavy (non-hydrogen) atoms. The molecule has 0 amide bonds. The molecule has 0 radical (unpaired) electrons. The maximum absolute atomic E-state index is 12.3. The molecule has 0 aromatic carbocycles. The van der Waals surface area contributed by atoms with E-state index in [0.29, 0.717) is 11.1 Å². The van der Waals surface area contributed by atoms with Crippen LogP contribution in [0.3, 0.4) is 0 Å². The number of alkyl halides is 3. The van der Waals surface area contributed by atoms with Crippen molar-refractivity contribution in [3.8, 4) is 0 Å². The lowest BCUT2D eigenvalue weighted by molar-refractivity contribution is 0.145.